The van der Waals surface area contributed by atoms with Crippen LogP contribution in [0.4, 0.5) is 0 Å². The van der Waals surface area contributed by atoms with Gasteiger partial charge in [0.25, 0.3) is 0 Å². The lowest BCUT2D eigenvalue weighted by Gasteiger charge is -2.21. The van der Waals surface area contributed by atoms with Gasteiger partial charge in [-0.05, 0) is 61.6 Å². The first-order chi connectivity index (χ1) is 18.2. The Morgan fingerprint density at radius 3 is 1.97 bits per heavy atom. The maximum absolute atomic E-state index is 13.3. The number of rotatable bonds is 14. The Hall–Kier alpha value is -2.50. The molecule has 210 valence electrons. The third-order valence-corrected chi connectivity index (χ3v) is 8.09. The molecular formula is C27H35BrO9S. The molecule has 1 aliphatic heterocycles. The molecule has 38 heavy (non-hydrogen) atoms. The number of sulfone groups is 1. The van der Waals surface area contributed by atoms with Crippen LogP contribution in [0.1, 0.15) is 56.4 Å². The molecule has 0 N–H and O–H groups in total. The number of alkyl halides is 1. The largest absolute Gasteiger partial charge is 0.493 e. The van der Waals surface area contributed by atoms with Gasteiger partial charge in [-0.25, -0.2) is 8.42 Å². The van der Waals surface area contributed by atoms with Crippen molar-refractivity contribution < 1.29 is 41.6 Å². The lowest BCUT2D eigenvalue weighted by Crippen LogP contribution is -2.16. The van der Waals surface area contributed by atoms with Crippen LogP contribution in [0.25, 0.3) is 0 Å². The second-order valence-corrected chi connectivity index (χ2v) is 11.6. The van der Waals surface area contributed by atoms with Crippen LogP contribution in [0.15, 0.2) is 29.2 Å². The van der Waals surface area contributed by atoms with Crippen molar-refractivity contribution in [1.29, 1.82) is 0 Å². The van der Waals surface area contributed by atoms with Gasteiger partial charge in [0.1, 0.15) is 16.4 Å². The van der Waals surface area contributed by atoms with E-state index >= 15 is 0 Å². The van der Waals surface area contributed by atoms with Crippen LogP contribution in [0, 0.1) is 0 Å². The van der Waals surface area contributed by atoms with Crippen LogP contribution in [-0.4, -0.2) is 59.8 Å². The summed E-state index contributed by atoms with van der Waals surface area (Å²) in [6, 6.07) is 7.02. The van der Waals surface area contributed by atoms with Crippen LogP contribution >= 0.6 is 15.9 Å². The van der Waals surface area contributed by atoms with E-state index in [-0.39, 0.29) is 16.7 Å². The van der Waals surface area contributed by atoms with Crippen molar-refractivity contribution in [3.8, 4) is 28.7 Å². The van der Waals surface area contributed by atoms with E-state index in [2.05, 4.69) is 15.9 Å². The van der Waals surface area contributed by atoms with E-state index in [0.29, 0.717) is 66.4 Å². The normalized spacial score (nSPS) is 17.2. The average Bonchev–Trinajstić information content (AvgIpc) is 3.39. The summed E-state index contributed by atoms with van der Waals surface area (Å²) in [4.78, 5) is 11.7. The van der Waals surface area contributed by atoms with E-state index < -0.39 is 27.5 Å². The van der Waals surface area contributed by atoms with Crippen molar-refractivity contribution in [2.75, 3.05) is 45.6 Å². The molecule has 11 heteroatoms. The second-order valence-electron chi connectivity index (χ2n) is 8.84. The van der Waals surface area contributed by atoms with Gasteiger partial charge in [-0.1, -0.05) is 22.9 Å². The summed E-state index contributed by atoms with van der Waals surface area (Å²) in [5.41, 5.74) is 1.49. The molecule has 2 aromatic carbocycles. The lowest BCUT2D eigenvalue weighted by atomic mass is 10.0. The quantitative estimate of drug-likeness (QED) is 0.264. The Kier molecular flexibility index (Phi) is 10.7. The van der Waals surface area contributed by atoms with Gasteiger partial charge in [-0.3, -0.25) is 4.79 Å². The molecule has 1 fully saturated rings. The fourth-order valence-corrected chi connectivity index (χ4v) is 5.99. The van der Waals surface area contributed by atoms with E-state index in [1.807, 2.05) is 19.1 Å². The average molecular weight is 616 g/mol. The minimum absolute atomic E-state index is 0.0666. The van der Waals surface area contributed by atoms with Crippen molar-refractivity contribution in [2.24, 2.45) is 0 Å². The Bertz CT molecular complexity index is 1200. The molecule has 2 atom stereocenters. The van der Waals surface area contributed by atoms with Crippen molar-refractivity contribution >= 4 is 31.6 Å². The fourth-order valence-electron chi connectivity index (χ4n) is 4.38. The molecule has 1 heterocycles. The Morgan fingerprint density at radius 1 is 0.895 bits per heavy atom. The fraction of sp³-hybridized carbons (Fsp3) is 0.519. The highest BCUT2D eigenvalue weighted by molar-refractivity contribution is 9.09. The summed E-state index contributed by atoms with van der Waals surface area (Å²) in [6.07, 6.45) is 1.31. The van der Waals surface area contributed by atoms with E-state index in [0.717, 1.165) is 5.56 Å². The Labute approximate surface area is 232 Å². The van der Waals surface area contributed by atoms with Gasteiger partial charge in [-0.15, -0.1) is 0 Å². The molecule has 0 amide bonds. The van der Waals surface area contributed by atoms with Gasteiger partial charge in [-0.2, -0.15) is 0 Å². The van der Waals surface area contributed by atoms with Gasteiger partial charge in [0, 0.05) is 5.33 Å². The molecule has 1 aliphatic rings. The first-order valence-corrected chi connectivity index (χ1v) is 15.1. The molecule has 0 saturated carbocycles. The van der Waals surface area contributed by atoms with Gasteiger partial charge in [0.15, 0.2) is 32.8 Å². The molecule has 1 saturated heterocycles. The van der Waals surface area contributed by atoms with Crippen LogP contribution in [0.3, 0.4) is 0 Å². The monoisotopic (exact) mass is 614 g/mol. The number of ether oxygens (including phenoxy) is 6. The van der Waals surface area contributed by atoms with E-state index in [1.165, 1.54) is 6.92 Å². The summed E-state index contributed by atoms with van der Waals surface area (Å²) < 4.78 is 61.1. The first-order valence-electron chi connectivity index (χ1n) is 12.4. The number of halogens is 1. The molecular weight excluding hydrogens is 580 g/mol. The minimum atomic E-state index is -3.98. The second kappa shape index (κ2) is 13.5. The zero-order valence-electron chi connectivity index (χ0n) is 22.4. The molecule has 3 rings (SSSR count). The summed E-state index contributed by atoms with van der Waals surface area (Å²) >= 11 is 3.34. The third kappa shape index (κ3) is 6.92. The summed E-state index contributed by atoms with van der Waals surface area (Å²) in [7, 11) is 0.673. The SMILES string of the molecule is CCCOc1c(OCCBr)cc([C@H]2CC[C@H](c3cc(OC)c(OC)c(OC)c3)O2)cc1S(=O)(=O)CC(C)=O. The van der Waals surface area contributed by atoms with Gasteiger partial charge in [0.05, 0.1) is 46.8 Å². The predicted molar refractivity (Wildman–Crippen MR) is 146 cm³/mol. The number of carbonyl (C=O) groups excluding carboxylic acids is 1. The maximum Gasteiger partial charge on any atom is 0.203 e. The number of benzene rings is 2. The zero-order valence-corrected chi connectivity index (χ0v) is 24.8. The van der Waals surface area contributed by atoms with Crippen molar-refractivity contribution in [3.05, 3.63) is 35.4 Å². The highest BCUT2D eigenvalue weighted by atomic mass is 79.9. The standard InChI is InChI=1S/C27H35BrO9S/c1-6-10-36-27-24(35-11-9-28)14-19(15-25(27)38(30,31)16-17(2)29)21-8-7-20(37-21)18-12-22(32-3)26(34-5)23(13-18)33-4/h12-15,20-21H,6-11,16H2,1-5H3/t20-,21-/m1/s1. The number of hydrogen-bond donors (Lipinski definition) is 0. The molecule has 0 aromatic heterocycles. The van der Waals surface area contributed by atoms with Crippen LogP contribution < -0.4 is 23.7 Å². The molecule has 0 bridgehead atoms. The number of hydrogen-bond acceptors (Lipinski definition) is 9. The van der Waals surface area contributed by atoms with Crippen LogP contribution in [-0.2, 0) is 19.4 Å². The van der Waals surface area contributed by atoms with Crippen LogP contribution in [0.5, 0.6) is 28.7 Å². The Morgan fingerprint density at radius 2 is 1.47 bits per heavy atom. The van der Waals surface area contributed by atoms with E-state index in [9.17, 15) is 13.2 Å². The van der Waals surface area contributed by atoms with E-state index in [1.54, 1.807) is 33.5 Å². The minimum Gasteiger partial charge on any atom is -0.493 e. The maximum atomic E-state index is 13.3. The predicted octanol–water partition coefficient (Wildman–Crippen LogP) is 5.23. The molecule has 9 nitrogen and oxygen atoms in total. The topological polar surface area (TPSA) is 107 Å². The number of ketones is 1. The highest BCUT2D eigenvalue weighted by Crippen LogP contribution is 2.48. The molecule has 0 radical (unpaired) electrons. The number of carbonyl (C=O) groups is 1. The van der Waals surface area contributed by atoms with Gasteiger partial charge < -0.3 is 28.4 Å². The molecule has 0 aliphatic carbocycles. The van der Waals surface area contributed by atoms with Crippen molar-refractivity contribution in [1.82, 2.24) is 0 Å². The smallest absolute Gasteiger partial charge is 0.203 e. The third-order valence-electron chi connectivity index (χ3n) is 6.01. The first kappa shape index (κ1) is 30.0. The van der Waals surface area contributed by atoms with Crippen molar-refractivity contribution in [3.63, 3.8) is 0 Å². The highest BCUT2D eigenvalue weighted by Gasteiger charge is 2.33. The Balaban J connectivity index is 2.03. The van der Waals surface area contributed by atoms with Gasteiger partial charge >= 0.3 is 0 Å². The zero-order chi connectivity index (χ0) is 27.9. The molecule has 2 aromatic rings. The van der Waals surface area contributed by atoms with Crippen molar-refractivity contribution in [2.45, 2.75) is 50.2 Å². The number of Topliss-reactive ketones (excluding diaryl/α,β-unsaturated/α-hetero) is 1. The van der Waals surface area contributed by atoms with E-state index in [4.69, 9.17) is 28.4 Å². The summed E-state index contributed by atoms with van der Waals surface area (Å²) in [5.74, 6) is 0.874. The van der Waals surface area contributed by atoms with Crippen LogP contribution in [0.2, 0.25) is 0 Å². The number of methoxy groups -OCH3 is 3. The summed E-state index contributed by atoms with van der Waals surface area (Å²) in [6.45, 7) is 3.78. The molecule has 0 spiro atoms. The van der Waals surface area contributed by atoms with Gasteiger partial charge in [0.2, 0.25) is 5.75 Å². The molecule has 0 unspecified atom stereocenters. The summed E-state index contributed by atoms with van der Waals surface area (Å²) in [5, 5.41) is 0.545. The lowest BCUT2D eigenvalue weighted by molar-refractivity contribution is -0.114.